The van der Waals surface area contributed by atoms with E-state index in [0.29, 0.717) is 18.7 Å². The quantitative estimate of drug-likeness (QED) is 0.417. The van der Waals surface area contributed by atoms with Crippen LogP contribution in [0.15, 0.2) is 58.0 Å². The van der Waals surface area contributed by atoms with E-state index in [1.54, 1.807) is 0 Å². The first-order valence-corrected chi connectivity index (χ1v) is 13.6. The van der Waals surface area contributed by atoms with Gasteiger partial charge in [-0.25, -0.2) is 22.6 Å². The van der Waals surface area contributed by atoms with Crippen LogP contribution in [0.4, 0.5) is 23.2 Å². The molecule has 0 spiro atoms. The third-order valence-corrected chi connectivity index (χ3v) is 8.38. The Morgan fingerprint density at radius 1 is 1.00 bits per heavy atom. The fourth-order valence-electron chi connectivity index (χ4n) is 6.00. The molecule has 3 aromatic rings. The van der Waals surface area contributed by atoms with Gasteiger partial charge in [0.25, 0.3) is 0 Å². The van der Waals surface area contributed by atoms with E-state index in [1.165, 1.54) is 25.1 Å². The summed E-state index contributed by atoms with van der Waals surface area (Å²) in [4.78, 5) is 16.4. The fourth-order valence-corrected chi connectivity index (χ4v) is 6.16. The molecule has 4 heterocycles. The molecular formula is C29H27ClF4N4O4. The number of hydrazone groups is 1. The Hall–Kier alpha value is -3.45. The van der Waals surface area contributed by atoms with E-state index in [9.17, 15) is 13.6 Å². The average Bonchev–Trinajstić information content (AvgIpc) is 3.69. The molecule has 3 aliphatic rings. The molecule has 1 amide bonds. The molecule has 8 nitrogen and oxygen atoms in total. The maximum atomic E-state index is 15.3. The molecule has 6 atom stereocenters. The van der Waals surface area contributed by atoms with Crippen molar-refractivity contribution >= 4 is 28.9 Å². The van der Waals surface area contributed by atoms with Crippen LogP contribution < -0.4 is 10.3 Å². The molecule has 0 radical (unpaired) electrons. The number of fused-ring (bicyclic) bond motifs is 1. The highest BCUT2D eigenvalue weighted by Gasteiger charge is 2.58. The molecule has 13 heteroatoms. The van der Waals surface area contributed by atoms with Gasteiger partial charge >= 0.3 is 0 Å². The molecule has 0 saturated carbocycles. The molecule has 1 aromatic heterocycles. The molecule has 6 rings (SSSR count). The molecule has 2 saturated heterocycles. The van der Waals surface area contributed by atoms with Crippen LogP contribution in [0, 0.1) is 23.3 Å². The standard InChI is InChI=1S/C29H27ClF4N4O4/c1-29(28(39)35-19-12-40-27-21(37(2)3)13-41-26(19)27)24(22-8-9-23(30)42-22)25(16-6-4-14(31)10-17(16)33)36-38(29)20-7-5-15(32)11-18(20)34/h4-11,19,21,24,26-27H,12-13H2,1-3H3,(H,35,39)/t19?,21-,24?,26?,27?,29?/m0/s1. The predicted molar refractivity (Wildman–Crippen MR) is 145 cm³/mol. The van der Waals surface area contributed by atoms with Gasteiger partial charge in [0, 0.05) is 17.7 Å². The van der Waals surface area contributed by atoms with Crippen molar-refractivity contribution in [2.24, 2.45) is 5.10 Å². The van der Waals surface area contributed by atoms with Crippen molar-refractivity contribution in [1.82, 2.24) is 10.2 Å². The molecule has 5 unspecified atom stereocenters. The minimum atomic E-state index is -1.83. The van der Waals surface area contributed by atoms with E-state index in [4.69, 9.17) is 25.5 Å². The Bertz CT molecular complexity index is 1570. The molecule has 0 aliphatic carbocycles. The lowest BCUT2D eigenvalue weighted by molar-refractivity contribution is -0.127. The second-order valence-electron chi connectivity index (χ2n) is 10.9. The minimum absolute atomic E-state index is 0.0146. The zero-order chi connectivity index (χ0) is 29.9. The van der Waals surface area contributed by atoms with Gasteiger partial charge in [0.1, 0.15) is 35.4 Å². The summed E-state index contributed by atoms with van der Waals surface area (Å²) in [6.45, 7) is 2.04. The summed E-state index contributed by atoms with van der Waals surface area (Å²) in [5.74, 6) is -5.32. The van der Waals surface area contributed by atoms with Crippen LogP contribution in [0.1, 0.15) is 24.2 Å². The number of likely N-dealkylation sites (N-methyl/N-ethyl adjacent to an activating group) is 1. The first-order valence-electron chi connectivity index (χ1n) is 13.2. The number of hydrogen-bond acceptors (Lipinski definition) is 7. The van der Waals surface area contributed by atoms with Crippen LogP contribution in [-0.4, -0.2) is 73.7 Å². The molecule has 42 heavy (non-hydrogen) atoms. The number of furan rings is 1. The summed E-state index contributed by atoms with van der Waals surface area (Å²) in [5.41, 5.74) is -2.27. The number of rotatable bonds is 6. The van der Waals surface area contributed by atoms with Crippen LogP contribution >= 0.6 is 11.6 Å². The number of anilines is 1. The third-order valence-electron chi connectivity index (χ3n) is 8.17. The second kappa shape index (κ2) is 10.7. The third kappa shape index (κ3) is 4.66. The molecule has 1 N–H and O–H groups in total. The lowest BCUT2D eigenvalue weighted by Crippen LogP contribution is -2.60. The highest BCUT2D eigenvalue weighted by molar-refractivity contribution is 6.28. The van der Waals surface area contributed by atoms with Crippen molar-refractivity contribution in [3.05, 3.63) is 88.3 Å². The average molecular weight is 607 g/mol. The van der Waals surface area contributed by atoms with Gasteiger partial charge in [-0.05, 0) is 69.0 Å². The van der Waals surface area contributed by atoms with Gasteiger partial charge in [0.2, 0.25) is 5.91 Å². The maximum Gasteiger partial charge on any atom is 0.249 e. The highest BCUT2D eigenvalue weighted by Crippen LogP contribution is 2.47. The minimum Gasteiger partial charge on any atom is -0.449 e. The number of carbonyl (C=O) groups excluding carboxylic acids is 1. The van der Waals surface area contributed by atoms with Crippen molar-refractivity contribution in [2.45, 2.75) is 42.7 Å². The van der Waals surface area contributed by atoms with Crippen molar-refractivity contribution in [3.8, 4) is 0 Å². The van der Waals surface area contributed by atoms with Crippen molar-refractivity contribution in [2.75, 3.05) is 32.3 Å². The lowest BCUT2D eigenvalue weighted by atomic mass is 9.78. The van der Waals surface area contributed by atoms with E-state index < -0.39 is 52.8 Å². The van der Waals surface area contributed by atoms with Crippen LogP contribution in [0.25, 0.3) is 0 Å². The topological polar surface area (TPSA) is 79.5 Å². The van der Waals surface area contributed by atoms with Gasteiger partial charge in [-0.3, -0.25) is 4.79 Å². The number of halogens is 5. The number of benzene rings is 2. The second-order valence-corrected chi connectivity index (χ2v) is 11.3. The fraction of sp³-hybridized carbons (Fsp3) is 0.379. The van der Waals surface area contributed by atoms with E-state index in [1.807, 2.05) is 19.0 Å². The van der Waals surface area contributed by atoms with E-state index in [2.05, 4.69) is 10.4 Å². The first kappa shape index (κ1) is 28.7. The number of amides is 1. The molecule has 2 aromatic carbocycles. The SMILES string of the molecule is CN(C)[C@H]1COC2C(NC(=O)C3(C)C(c4ccc(Cl)o4)C(c4ccc(F)cc4F)=NN3c3ccc(F)cc3F)COC21. The van der Waals surface area contributed by atoms with Gasteiger partial charge in [-0.15, -0.1) is 0 Å². The largest absolute Gasteiger partial charge is 0.449 e. The van der Waals surface area contributed by atoms with Gasteiger partial charge in [0.15, 0.2) is 16.6 Å². The van der Waals surface area contributed by atoms with Gasteiger partial charge < -0.3 is 24.1 Å². The Kier molecular flexibility index (Phi) is 7.28. The molecule has 222 valence electrons. The van der Waals surface area contributed by atoms with Gasteiger partial charge in [-0.2, -0.15) is 5.10 Å². The zero-order valence-corrected chi connectivity index (χ0v) is 23.5. The van der Waals surface area contributed by atoms with Crippen LogP contribution in [0.3, 0.4) is 0 Å². The Balaban J connectivity index is 1.46. The summed E-state index contributed by atoms with van der Waals surface area (Å²) in [5, 5.41) is 8.55. The molecule has 3 aliphatic heterocycles. The van der Waals surface area contributed by atoms with E-state index in [-0.39, 0.29) is 46.7 Å². The Morgan fingerprint density at radius 3 is 2.33 bits per heavy atom. The Labute approximate surface area is 243 Å². The lowest BCUT2D eigenvalue weighted by Gasteiger charge is -2.38. The predicted octanol–water partition coefficient (Wildman–Crippen LogP) is 4.47. The van der Waals surface area contributed by atoms with E-state index >= 15 is 8.78 Å². The maximum absolute atomic E-state index is 15.3. The molecule has 0 bridgehead atoms. The van der Waals surface area contributed by atoms with Crippen LogP contribution in [-0.2, 0) is 14.3 Å². The summed E-state index contributed by atoms with van der Waals surface area (Å²) >= 11 is 6.11. The number of ether oxygens (including phenoxy) is 2. The van der Waals surface area contributed by atoms with Crippen molar-refractivity contribution < 1.29 is 36.2 Å². The van der Waals surface area contributed by atoms with Crippen molar-refractivity contribution in [3.63, 3.8) is 0 Å². The van der Waals surface area contributed by atoms with E-state index in [0.717, 1.165) is 23.2 Å². The number of hydrogen-bond donors (Lipinski definition) is 1. The Morgan fingerprint density at radius 2 is 1.69 bits per heavy atom. The molecule has 2 fully saturated rings. The van der Waals surface area contributed by atoms with Crippen LogP contribution in [0.2, 0.25) is 5.22 Å². The van der Waals surface area contributed by atoms with Gasteiger partial charge in [0.05, 0.1) is 42.6 Å². The molecular weight excluding hydrogens is 580 g/mol. The normalized spacial score (nSPS) is 28.8. The first-order chi connectivity index (χ1) is 20.0. The summed E-state index contributed by atoms with van der Waals surface area (Å²) < 4.78 is 76.0. The van der Waals surface area contributed by atoms with Crippen molar-refractivity contribution in [1.29, 1.82) is 0 Å². The number of carbonyl (C=O) groups is 1. The summed E-state index contributed by atoms with van der Waals surface area (Å²) in [6.07, 6.45) is -0.735. The monoisotopic (exact) mass is 606 g/mol. The summed E-state index contributed by atoms with van der Waals surface area (Å²) in [7, 11) is 3.82. The summed E-state index contributed by atoms with van der Waals surface area (Å²) in [6, 6.07) is 8.05. The zero-order valence-electron chi connectivity index (χ0n) is 22.8. The van der Waals surface area contributed by atoms with Crippen LogP contribution in [0.5, 0.6) is 0 Å². The van der Waals surface area contributed by atoms with Gasteiger partial charge in [-0.1, -0.05) is 0 Å². The smallest absolute Gasteiger partial charge is 0.249 e. The highest BCUT2D eigenvalue weighted by atomic mass is 35.5. The number of nitrogens with one attached hydrogen (secondary N) is 1. The number of nitrogens with zero attached hydrogens (tertiary/aromatic N) is 3.